The average molecular weight is 353 g/mol. The van der Waals surface area contributed by atoms with E-state index >= 15 is 0 Å². The van der Waals surface area contributed by atoms with Gasteiger partial charge < -0.3 is 20.3 Å². The fourth-order valence-corrected chi connectivity index (χ4v) is 2.93. The lowest BCUT2D eigenvalue weighted by molar-refractivity contribution is 0.0746. The molecule has 1 aliphatic heterocycles. The highest BCUT2D eigenvalue weighted by Crippen LogP contribution is 2.19. The molecule has 0 atom stereocenters. The Balaban J connectivity index is 1.64. The molecule has 26 heavy (non-hydrogen) atoms. The summed E-state index contributed by atoms with van der Waals surface area (Å²) in [6.45, 7) is 8.59. The van der Waals surface area contributed by atoms with Gasteiger partial charge in [0, 0.05) is 43.5 Å². The largest absolute Gasteiger partial charge is 0.490 e. The smallest absolute Gasteiger partial charge is 0.254 e. The monoisotopic (exact) mass is 353 g/mol. The Kier molecular flexibility index (Phi) is 5.36. The molecular formula is C19H23N5O2. The topological polar surface area (TPSA) is 84.6 Å². The van der Waals surface area contributed by atoms with Gasteiger partial charge in [0.15, 0.2) is 0 Å². The van der Waals surface area contributed by atoms with Crippen molar-refractivity contribution in [2.75, 3.05) is 43.4 Å². The fourth-order valence-electron chi connectivity index (χ4n) is 2.93. The van der Waals surface area contributed by atoms with E-state index in [-0.39, 0.29) is 11.9 Å². The fraction of sp³-hybridized carbons (Fsp3) is 0.316. The minimum absolute atomic E-state index is 0.00656. The van der Waals surface area contributed by atoms with Gasteiger partial charge in [-0.05, 0) is 25.1 Å². The van der Waals surface area contributed by atoms with E-state index in [1.54, 1.807) is 12.1 Å². The Morgan fingerprint density at radius 3 is 2.73 bits per heavy atom. The van der Waals surface area contributed by atoms with Crippen molar-refractivity contribution < 1.29 is 9.53 Å². The summed E-state index contributed by atoms with van der Waals surface area (Å²) in [6, 6.07) is 9.15. The molecule has 1 amide bonds. The van der Waals surface area contributed by atoms with Crippen molar-refractivity contribution >= 4 is 17.7 Å². The van der Waals surface area contributed by atoms with E-state index in [0.29, 0.717) is 44.1 Å². The number of rotatable bonds is 5. The number of carbonyl (C=O) groups excluding carboxylic acids is 1. The third-order valence-electron chi connectivity index (χ3n) is 4.20. The summed E-state index contributed by atoms with van der Waals surface area (Å²) in [5.41, 5.74) is 7.20. The highest BCUT2D eigenvalue weighted by Gasteiger charge is 2.23. The maximum atomic E-state index is 12.8. The zero-order chi connectivity index (χ0) is 18.5. The van der Waals surface area contributed by atoms with Gasteiger partial charge in [-0.2, -0.15) is 4.98 Å². The lowest BCUT2D eigenvalue weighted by Gasteiger charge is -2.35. The first-order valence-electron chi connectivity index (χ1n) is 8.56. The number of carbonyl (C=O) groups is 1. The van der Waals surface area contributed by atoms with Crippen molar-refractivity contribution in [1.82, 2.24) is 14.9 Å². The van der Waals surface area contributed by atoms with Gasteiger partial charge in [-0.3, -0.25) is 4.79 Å². The first kappa shape index (κ1) is 17.7. The Bertz CT molecular complexity index is 780. The molecule has 0 saturated carbocycles. The quantitative estimate of drug-likeness (QED) is 0.827. The molecule has 0 spiro atoms. The van der Waals surface area contributed by atoms with Crippen LogP contribution in [0.3, 0.4) is 0 Å². The predicted octanol–water partition coefficient (Wildman–Crippen LogP) is 1.89. The third kappa shape index (κ3) is 4.11. The number of nitrogens with two attached hydrogens (primary N) is 1. The second-order valence-corrected chi connectivity index (χ2v) is 6.13. The lowest BCUT2D eigenvalue weighted by atomic mass is 10.1. The molecule has 0 bridgehead atoms. The van der Waals surface area contributed by atoms with Crippen LogP contribution in [-0.2, 0) is 0 Å². The van der Waals surface area contributed by atoms with Gasteiger partial charge >= 0.3 is 0 Å². The van der Waals surface area contributed by atoms with E-state index < -0.39 is 0 Å². The summed E-state index contributed by atoms with van der Waals surface area (Å²) < 4.78 is 5.51. The van der Waals surface area contributed by atoms with Gasteiger partial charge in [0.1, 0.15) is 18.2 Å². The molecule has 2 aromatic rings. The Morgan fingerprint density at radius 1 is 1.27 bits per heavy atom. The second kappa shape index (κ2) is 7.86. The van der Waals surface area contributed by atoms with Crippen LogP contribution in [0, 0.1) is 6.92 Å². The normalized spacial score (nSPS) is 14.2. The molecule has 1 aromatic heterocycles. The highest BCUT2D eigenvalue weighted by atomic mass is 16.5. The average Bonchev–Trinajstić information content (AvgIpc) is 2.65. The van der Waals surface area contributed by atoms with Gasteiger partial charge in [-0.1, -0.05) is 18.7 Å². The number of benzene rings is 1. The van der Waals surface area contributed by atoms with Crippen LogP contribution in [0.25, 0.3) is 0 Å². The molecule has 7 heteroatoms. The molecule has 0 unspecified atom stereocenters. The molecule has 136 valence electrons. The van der Waals surface area contributed by atoms with Gasteiger partial charge in [-0.15, -0.1) is 0 Å². The summed E-state index contributed by atoms with van der Waals surface area (Å²) in [7, 11) is 0. The molecular weight excluding hydrogens is 330 g/mol. The molecule has 7 nitrogen and oxygen atoms in total. The van der Waals surface area contributed by atoms with Gasteiger partial charge in [0.2, 0.25) is 5.95 Å². The first-order chi connectivity index (χ1) is 12.6. The van der Waals surface area contributed by atoms with Crippen LogP contribution in [0.4, 0.5) is 11.8 Å². The molecule has 2 N–H and O–H groups in total. The van der Waals surface area contributed by atoms with E-state index in [9.17, 15) is 4.79 Å². The molecule has 2 heterocycles. The maximum Gasteiger partial charge on any atom is 0.254 e. The van der Waals surface area contributed by atoms with Crippen molar-refractivity contribution in [2.24, 2.45) is 0 Å². The maximum absolute atomic E-state index is 12.8. The SMILES string of the molecule is C=CCOc1cccc(C(=O)N2CCN(c3cc(C)nc(N)n3)CC2)c1. The Morgan fingerprint density at radius 2 is 2.04 bits per heavy atom. The number of aromatic nitrogens is 2. The van der Waals surface area contributed by atoms with Crippen molar-refractivity contribution in [3.8, 4) is 5.75 Å². The van der Waals surface area contributed by atoms with Crippen molar-refractivity contribution in [1.29, 1.82) is 0 Å². The van der Waals surface area contributed by atoms with Crippen LogP contribution < -0.4 is 15.4 Å². The van der Waals surface area contributed by atoms with E-state index in [4.69, 9.17) is 10.5 Å². The van der Waals surface area contributed by atoms with E-state index in [0.717, 1.165) is 11.5 Å². The van der Waals surface area contributed by atoms with Crippen molar-refractivity contribution in [3.05, 3.63) is 54.2 Å². The van der Waals surface area contributed by atoms with Gasteiger partial charge in [0.05, 0.1) is 0 Å². The minimum atomic E-state index is 0.00656. The number of nitrogens with zero attached hydrogens (tertiary/aromatic N) is 4. The second-order valence-electron chi connectivity index (χ2n) is 6.13. The number of amides is 1. The Labute approximate surface area is 153 Å². The number of nitrogen functional groups attached to an aromatic ring is 1. The van der Waals surface area contributed by atoms with Gasteiger partial charge in [-0.25, -0.2) is 4.98 Å². The van der Waals surface area contributed by atoms with E-state index in [1.165, 1.54) is 0 Å². The van der Waals surface area contributed by atoms with Crippen molar-refractivity contribution in [2.45, 2.75) is 6.92 Å². The predicted molar refractivity (Wildman–Crippen MR) is 101 cm³/mol. The Hall–Kier alpha value is -3.09. The molecule has 0 aliphatic carbocycles. The summed E-state index contributed by atoms with van der Waals surface area (Å²) in [5, 5.41) is 0. The number of hydrogen-bond donors (Lipinski definition) is 1. The molecule has 3 rings (SSSR count). The zero-order valence-corrected chi connectivity index (χ0v) is 14.9. The lowest BCUT2D eigenvalue weighted by Crippen LogP contribution is -2.49. The summed E-state index contributed by atoms with van der Waals surface area (Å²) in [5.74, 6) is 1.75. The van der Waals surface area contributed by atoms with E-state index in [1.807, 2.05) is 36.1 Å². The standard InChI is InChI=1S/C19H23N5O2/c1-3-11-26-16-6-4-5-15(13-16)18(25)24-9-7-23(8-10-24)17-12-14(2)21-19(20)22-17/h3-6,12-13H,1,7-11H2,2H3,(H2,20,21,22). The number of aryl methyl sites for hydroxylation is 1. The molecule has 1 saturated heterocycles. The van der Waals surface area contributed by atoms with Crippen LogP contribution in [0.5, 0.6) is 5.75 Å². The molecule has 0 radical (unpaired) electrons. The number of piperazine rings is 1. The van der Waals surface area contributed by atoms with Crippen LogP contribution >= 0.6 is 0 Å². The summed E-state index contributed by atoms with van der Waals surface area (Å²) in [4.78, 5) is 25.1. The third-order valence-corrected chi connectivity index (χ3v) is 4.20. The number of hydrogen-bond acceptors (Lipinski definition) is 6. The zero-order valence-electron chi connectivity index (χ0n) is 14.9. The van der Waals surface area contributed by atoms with Crippen LogP contribution in [0.1, 0.15) is 16.1 Å². The van der Waals surface area contributed by atoms with Crippen LogP contribution in [0.2, 0.25) is 0 Å². The van der Waals surface area contributed by atoms with Crippen LogP contribution in [-0.4, -0.2) is 53.6 Å². The highest BCUT2D eigenvalue weighted by molar-refractivity contribution is 5.94. The van der Waals surface area contributed by atoms with Gasteiger partial charge in [0.25, 0.3) is 5.91 Å². The summed E-state index contributed by atoms with van der Waals surface area (Å²) >= 11 is 0. The number of anilines is 2. The first-order valence-corrected chi connectivity index (χ1v) is 8.56. The molecule has 1 aromatic carbocycles. The van der Waals surface area contributed by atoms with E-state index in [2.05, 4.69) is 21.4 Å². The summed E-state index contributed by atoms with van der Waals surface area (Å²) in [6.07, 6.45) is 1.68. The number of ether oxygens (including phenoxy) is 1. The minimum Gasteiger partial charge on any atom is -0.490 e. The molecule has 1 fully saturated rings. The van der Waals surface area contributed by atoms with Crippen LogP contribution in [0.15, 0.2) is 43.0 Å². The van der Waals surface area contributed by atoms with Crippen molar-refractivity contribution in [3.63, 3.8) is 0 Å². The molecule has 1 aliphatic rings.